The van der Waals surface area contributed by atoms with Gasteiger partial charge in [-0.2, -0.15) is 0 Å². The zero-order valence-corrected chi connectivity index (χ0v) is 28.7. The maximum Gasteiger partial charge on any atom is 0.266 e. The Labute approximate surface area is 283 Å². The molecule has 4 atom stereocenters. The highest BCUT2D eigenvalue weighted by molar-refractivity contribution is 6.72. The van der Waals surface area contributed by atoms with Gasteiger partial charge in [-0.25, -0.2) is 0 Å². The summed E-state index contributed by atoms with van der Waals surface area (Å²) < 4.78 is 28.5. The third kappa shape index (κ3) is 7.23. The molecule has 0 aliphatic carbocycles. The second kappa shape index (κ2) is 14.4. The van der Waals surface area contributed by atoms with Crippen LogP contribution in [-0.2, 0) is 22.5 Å². The smallest absolute Gasteiger partial charge is 0.266 e. The molecule has 0 saturated carbocycles. The number of anilines is 2. The van der Waals surface area contributed by atoms with Gasteiger partial charge >= 0.3 is 0 Å². The summed E-state index contributed by atoms with van der Waals surface area (Å²) in [5.41, 5.74) is 3.63. The fourth-order valence-corrected chi connectivity index (χ4v) is 9.83. The quantitative estimate of drug-likeness (QED) is 0.129. The largest absolute Gasteiger partial charge is 0.454 e. The highest BCUT2D eigenvalue weighted by atomic mass is 28.4. The number of aryl methyl sites for hydroxylation is 1. The number of aliphatic hydroxyl groups is 1. The lowest BCUT2D eigenvalue weighted by Gasteiger charge is -2.30. The Kier molecular flexibility index (Phi) is 10.1. The Morgan fingerprint density at radius 2 is 1.54 bits per heavy atom. The Balaban J connectivity index is 1.15. The van der Waals surface area contributed by atoms with E-state index in [4.69, 9.17) is 9.47 Å². The van der Waals surface area contributed by atoms with Crippen molar-refractivity contribution in [2.24, 2.45) is 5.92 Å². The Morgan fingerprint density at radius 3 is 2.25 bits per heavy atom. The first-order valence-corrected chi connectivity index (χ1v) is 19.7. The minimum absolute atomic E-state index is 0.0413. The van der Waals surface area contributed by atoms with Crippen molar-refractivity contribution in [3.8, 4) is 11.5 Å². The number of fused-ring (bicyclic) bond motifs is 2. The van der Waals surface area contributed by atoms with E-state index in [9.17, 15) is 14.7 Å². The number of carbonyl (C=O) groups is 2. The summed E-state index contributed by atoms with van der Waals surface area (Å²) >= 11 is 0. The number of aliphatic hydroxyl groups excluding tert-OH is 1. The van der Waals surface area contributed by atoms with Crippen LogP contribution in [0.4, 0.5) is 15.5 Å². The van der Waals surface area contributed by atoms with Gasteiger partial charge in [0.05, 0.1) is 36.5 Å². The van der Waals surface area contributed by atoms with Crippen LogP contribution in [-0.4, -0.2) is 55.6 Å². The zero-order valence-electron chi connectivity index (χ0n) is 27.7. The van der Waals surface area contributed by atoms with Crippen molar-refractivity contribution in [1.29, 1.82) is 0 Å². The summed E-state index contributed by atoms with van der Waals surface area (Å²) in [6, 6.07) is 32.4. The number of carbonyl (C=O) groups excluding carboxylic acids is 2. The van der Waals surface area contributed by atoms with Gasteiger partial charge in [-0.3, -0.25) is 14.5 Å². The minimum atomic E-state index is -3.18. The first kappa shape index (κ1) is 33.6. The molecule has 1 fully saturated rings. The molecule has 0 bridgehead atoms. The molecule has 48 heavy (non-hydrogen) atoms. The second-order valence-electron chi connectivity index (χ2n) is 13.3. The number of hydrogen-bond acceptors (Lipinski definition) is 5. The third-order valence-corrected chi connectivity index (χ3v) is 12.1. The number of ether oxygens (including phenoxy) is 2. The highest BCUT2D eigenvalue weighted by Gasteiger charge is 2.51. The molecular weight excluding hydrogens is 624 g/mol. The van der Waals surface area contributed by atoms with E-state index in [0.29, 0.717) is 42.1 Å². The van der Waals surface area contributed by atoms with Gasteiger partial charge in [0, 0.05) is 24.3 Å². The van der Waals surface area contributed by atoms with E-state index in [2.05, 4.69) is 6.92 Å². The summed E-state index contributed by atoms with van der Waals surface area (Å²) in [5.74, 6) is 0.786. The van der Waals surface area contributed by atoms with E-state index in [-0.39, 0.29) is 48.9 Å². The summed E-state index contributed by atoms with van der Waals surface area (Å²) in [6.45, 7) is 5.92. The van der Waals surface area contributed by atoms with E-state index >= 15 is 4.11 Å². The predicted octanol–water partition coefficient (Wildman–Crippen LogP) is 8.06. The van der Waals surface area contributed by atoms with Crippen molar-refractivity contribution in [3.05, 3.63) is 120 Å². The van der Waals surface area contributed by atoms with Gasteiger partial charge in [-0.1, -0.05) is 73.7 Å². The van der Waals surface area contributed by atoms with Crippen LogP contribution in [0, 0.1) is 5.92 Å². The van der Waals surface area contributed by atoms with E-state index in [0.717, 1.165) is 16.8 Å². The second-order valence-corrected chi connectivity index (χ2v) is 17.1. The van der Waals surface area contributed by atoms with Gasteiger partial charge in [0.15, 0.2) is 5.75 Å². The van der Waals surface area contributed by atoms with Crippen molar-refractivity contribution in [2.75, 3.05) is 18.1 Å². The van der Waals surface area contributed by atoms with E-state index < -0.39 is 14.5 Å². The van der Waals surface area contributed by atoms with Crippen molar-refractivity contribution in [3.63, 3.8) is 0 Å². The normalized spacial score (nSPS) is 20.4. The zero-order chi connectivity index (χ0) is 33.8. The molecule has 2 heterocycles. The third-order valence-electron chi connectivity index (χ3n) is 9.57. The van der Waals surface area contributed by atoms with Crippen molar-refractivity contribution < 1.29 is 28.3 Å². The van der Waals surface area contributed by atoms with Crippen LogP contribution in [0.2, 0.25) is 18.6 Å². The lowest BCUT2D eigenvalue weighted by Crippen LogP contribution is -2.40. The van der Waals surface area contributed by atoms with Gasteiger partial charge in [-0.05, 0) is 79.4 Å². The van der Waals surface area contributed by atoms with Gasteiger partial charge in [0.2, 0.25) is 14.3 Å². The first-order valence-electron chi connectivity index (χ1n) is 16.7. The molecule has 0 radical (unpaired) electrons. The Morgan fingerprint density at radius 1 is 0.875 bits per heavy atom. The molecule has 0 unspecified atom stereocenters. The molecule has 0 aromatic heterocycles. The topological polar surface area (TPSA) is 79.3 Å². The summed E-state index contributed by atoms with van der Waals surface area (Å²) in [7, 11) is -3.18. The SMILES string of the molecule is C[C@H]1[C@H]([Si](C)(C)F)[C@@H](CC(=O)N(CCO)Cc2ccccc2)O[C@H]1CCc1ccc(N2C(=O)c3ccccc3Oc3ccccc32)cc1. The van der Waals surface area contributed by atoms with Crippen LogP contribution in [0.5, 0.6) is 11.5 Å². The molecule has 1 N–H and O–H groups in total. The van der Waals surface area contributed by atoms with Crippen LogP contribution in [0.3, 0.4) is 0 Å². The van der Waals surface area contributed by atoms with Crippen molar-refractivity contribution >= 4 is 31.6 Å². The molecule has 6 rings (SSSR count). The van der Waals surface area contributed by atoms with Gasteiger partial charge in [0.1, 0.15) is 5.75 Å². The van der Waals surface area contributed by atoms with E-state index in [1.807, 2.05) is 91.0 Å². The number of para-hydroxylation sites is 3. The standard InChI is InChI=1S/C39H43FN2O5Si/c1-27-33(46-36(38(27)48(2,3)40)25-37(44)41(23-24-43)26-29-11-5-4-6-12-29)22-19-28-17-20-30(21-18-28)42-32-14-8-10-16-35(32)47-34-15-9-7-13-31(34)39(42)45/h4-18,20-21,27,33,36,38,43H,19,22-26H2,1-3H3/t27-,33+,36-,38+/m1/s1. The molecular formula is C39H43FN2O5Si. The summed E-state index contributed by atoms with van der Waals surface area (Å²) in [4.78, 5) is 30.6. The highest BCUT2D eigenvalue weighted by Crippen LogP contribution is 2.47. The van der Waals surface area contributed by atoms with Crippen LogP contribution in [0.1, 0.15) is 41.3 Å². The Bertz CT molecular complexity index is 1730. The van der Waals surface area contributed by atoms with Crippen molar-refractivity contribution in [2.45, 2.75) is 63.6 Å². The molecule has 7 nitrogen and oxygen atoms in total. The number of benzene rings is 4. The number of halogens is 1. The first-order chi connectivity index (χ1) is 23.1. The fourth-order valence-electron chi connectivity index (χ4n) is 7.28. The average molecular weight is 667 g/mol. The maximum atomic E-state index is 15.8. The number of rotatable bonds is 11. The van der Waals surface area contributed by atoms with Gasteiger partial charge < -0.3 is 23.6 Å². The molecule has 0 spiro atoms. The minimum Gasteiger partial charge on any atom is -0.454 e. The molecule has 2 aliphatic rings. The van der Waals surface area contributed by atoms with Gasteiger partial charge in [-0.15, -0.1) is 0 Å². The predicted molar refractivity (Wildman–Crippen MR) is 188 cm³/mol. The molecule has 4 aromatic carbocycles. The van der Waals surface area contributed by atoms with Crippen LogP contribution < -0.4 is 9.64 Å². The molecule has 250 valence electrons. The summed E-state index contributed by atoms with van der Waals surface area (Å²) in [6.07, 6.45) is 0.776. The maximum absolute atomic E-state index is 15.8. The lowest BCUT2D eigenvalue weighted by molar-refractivity contribution is -0.135. The number of nitrogens with zero attached hydrogens (tertiary/aromatic N) is 2. The molecule has 1 saturated heterocycles. The molecule has 2 amide bonds. The van der Waals surface area contributed by atoms with Crippen molar-refractivity contribution in [1.82, 2.24) is 4.90 Å². The monoisotopic (exact) mass is 666 g/mol. The lowest BCUT2D eigenvalue weighted by atomic mass is 9.95. The van der Waals surface area contributed by atoms with E-state index in [1.54, 1.807) is 35.0 Å². The number of amides is 2. The van der Waals surface area contributed by atoms with Crippen LogP contribution >= 0.6 is 0 Å². The van der Waals surface area contributed by atoms with E-state index in [1.165, 1.54) is 0 Å². The fraction of sp³-hybridized carbons (Fsp3) is 0.333. The van der Waals surface area contributed by atoms with Gasteiger partial charge in [0.25, 0.3) is 5.91 Å². The molecule has 4 aromatic rings. The molecule has 9 heteroatoms. The van der Waals surface area contributed by atoms with Crippen LogP contribution in [0.25, 0.3) is 0 Å². The molecule has 2 aliphatic heterocycles. The number of hydrogen-bond donors (Lipinski definition) is 1. The Hall–Kier alpha value is -4.31. The van der Waals surface area contributed by atoms with Crippen LogP contribution in [0.15, 0.2) is 103 Å². The summed E-state index contributed by atoms with van der Waals surface area (Å²) in [5, 5.41) is 9.66. The average Bonchev–Trinajstić information content (AvgIpc) is 3.33.